The van der Waals surface area contributed by atoms with Crippen molar-refractivity contribution in [2.24, 2.45) is 11.7 Å². The molecule has 5 nitrogen and oxygen atoms in total. The fourth-order valence-electron chi connectivity index (χ4n) is 2.67. The summed E-state index contributed by atoms with van der Waals surface area (Å²) >= 11 is 0. The van der Waals surface area contributed by atoms with E-state index < -0.39 is 0 Å². The monoisotopic (exact) mass is 270 g/mol. The number of nitrogens with zero attached hydrogens (tertiary/aromatic N) is 2. The molecule has 0 saturated heterocycles. The Morgan fingerprint density at radius 3 is 2.70 bits per heavy atom. The molecule has 1 aromatic carbocycles. The second kappa shape index (κ2) is 5.46. The highest BCUT2D eigenvalue weighted by Crippen LogP contribution is 2.25. The first-order chi connectivity index (χ1) is 9.74. The van der Waals surface area contributed by atoms with Gasteiger partial charge in [-0.15, -0.1) is 0 Å². The second-order valence-corrected chi connectivity index (χ2v) is 5.19. The van der Waals surface area contributed by atoms with Crippen molar-refractivity contribution in [2.75, 3.05) is 5.32 Å². The van der Waals surface area contributed by atoms with E-state index in [-0.39, 0.29) is 17.9 Å². The van der Waals surface area contributed by atoms with Crippen LogP contribution in [0.2, 0.25) is 0 Å². The predicted octanol–water partition coefficient (Wildman–Crippen LogP) is 1.94. The first kappa shape index (κ1) is 12.9. The van der Waals surface area contributed by atoms with Crippen LogP contribution < -0.4 is 11.1 Å². The van der Waals surface area contributed by atoms with Crippen LogP contribution in [-0.4, -0.2) is 21.7 Å². The van der Waals surface area contributed by atoms with Crippen LogP contribution >= 0.6 is 0 Å². The van der Waals surface area contributed by atoms with Gasteiger partial charge in [0.15, 0.2) is 0 Å². The highest BCUT2D eigenvalue weighted by atomic mass is 16.1. The molecule has 20 heavy (non-hydrogen) atoms. The number of carbonyl (C=O) groups excluding carboxylic acids is 1. The lowest BCUT2D eigenvalue weighted by Crippen LogP contribution is -2.34. The summed E-state index contributed by atoms with van der Waals surface area (Å²) in [4.78, 5) is 12.1. The maximum absolute atomic E-state index is 12.1. The number of nitrogens with two attached hydrogens (primary N) is 1. The molecule has 1 aromatic heterocycles. The van der Waals surface area contributed by atoms with Crippen molar-refractivity contribution >= 4 is 11.6 Å². The van der Waals surface area contributed by atoms with Crippen molar-refractivity contribution in [2.45, 2.75) is 25.3 Å². The number of rotatable bonds is 3. The quantitative estimate of drug-likeness (QED) is 0.895. The van der Waals surface area contributed by atoms with E-state index in [1.807, 2.05) is 36.5 Å². The Bertz CT molecular complexity index is 576. The molecule has 0 radical (unpaired) electrons. The van der Waals surface area contributed by atoms with Crippen LogP contribution in [0.5, 0.6) is 0 Å². The van der Waals surface area contributed by atoms with Crippen molar-refractivity contribution in [1.82, 2.24) is 9.78 Å². The van der Waals surface area contributed by atoms with Crippen LogP contribution in [0.4, 0.5) is 5.69 Å². The van der Waals surface area contributed by atoms with Crippen LogP contribution in [0.1, 0.15) is 19.3 Å². The number of anilines is 1. The van der Waals surface area contributed by atoms with E-state index in [2.05, 4.69) is 10.4 Å². The molecule has 1 saturated carbocycles. The smallest absolute Gasteiger partial charge is 0.229 e. The molecule has 1 amide bonds. The fourth-order valence-corrected chi connectivity index (χ4v) is 2.67. The molecule has 2 atom stereocenters. The molecule has 0 bridgehead atoms. The third kappa shape index (κ3) is 2.58. The van der Waals surface area contributed by atoms with E-state index in [1.165, 1.54) is 0 Å². The molecule has 1 aliphatic rings. The van der Waals surface area contributed by atoms with Crippen LogP contribution in [0.25, 0.3) is 5.69 Å². The number of amides is 1. The van der Waals surface area contributed by atoms with Gasteiger partial charge < -0.3 is 11.1 Å². The van der Waals surface area contributed by atoms with E-state index in [4.69, 9.17) is 5.73 Å². The molecule has 0 aliphatic heterocycles. The van der Waals surface area contributed by atoms with Crippen molar-refractivity contribution in [3.8, 4) is 5.69 Å². The number of carbonyl (C=O) groups is 1. The summed E-state index contributed by atoms with van der Waals surface area (Å²) < 4.78 is 1.78. The zero-order valence-electron chi connectivity index (χ0n) is 11.2. The maximum atomic E-state index is 12.1. The topological polar surface area (TPSA) is 72.9 Å². The van der Waals surface area contributed by atoms with Gasteiger partial charge in [-0.1, -0.05) is 6.42 Å². The van der Waals surface area contributed by atoms with Gasteiger partial charge in [0.25, 0.3) is 0 Å². The minimum absolute atomic E-state index is 0.00153. The lowest BCUT2D eigenvalue weighted by Gasteiger charge is -2.15. The van der Waals surface area contributed by atoms with Gasteiger partial charge in [-0.25, -0.2) is 4.68 Å². The van der Waals surface area contributed by atoms with E-state index in [0.29, 0.717) is 0 Å². The molecule has 1 aliphatic carbocycles. The van der Waals surface area contributed by atoms with Crippen molar-refractivity contribution in [1.29, 1.82) is 0 Å². The number of aromatic nitrogens is 2. The average molecular weight is 270 g/mol. The molecule has 104 valence electrons. The highest BCUT2D eigenvalue weighted by Gasteiger charge is 2.30. The highest BCUT2D eigenvalue weighted by molar-refractivity contribution is 5.93. The molecule has 2 unspecified atom stereocenters. The lowest BCUT2D eigenvalue weighted by molar-refractivity contribution is -0.120. The zero-order chi connectivity index (χ0) is 13.9. The Kier molecular flexibility index (Phi) is 3.52. The molecular formula is C15H18N4O. The van der Waals surface area contributed by atoms with Gasteiger partial charge >= 0.3 is 0 Å². The molecule has 3 rings (SSSR count). The van der Waals surface area contributed by atoms with E-state index >= 15 is 0 Å². The molecule has 2 aromatic rings. The van der Waals surface area contributed by atoms with Gasteiger partial charge in [0.05, 0.1) is 11.6 Å². The Hall–Kier alpha value is -2.14. The molecule has 5 heteroatoms. The van der Waals surface area contributed by atoms with Crippen molar-refractivity contribution in [3.63, 3.8) is 0 Å². The summed E-state index contributed by atoms with van der Waals surface area (Å²) in [5, 5.41) is 7.10. The van der Waals surface area contributed by atoms with Crippen LogP contribution in [0.3, 0.4) is 0 Å². The van der Waals surface area contributed by atoms with Gasteiger partial charge in [0.2, 0.25) is 5.91 Å². The summed E-state index contributed by atoms with van der Waals surface area (Å²) in [6, 6.07) is 9.49. The molecule has 1 fully saturated rings. The average Bonchev–Trinajstić information content (AvgIpc) is 3.10. The van der Waals surface area contributed by atoms with Crippen LogP contribution in [0.15, 0.2) is 42.7 Å². The zero-order valence-corrected chi connectivity index (χ0v) is 11.2. The van der Waals surface area contributed by atoms with E-state index in [1.54, 1.807) is 10.9 Å². The summed E-state index contributed by atoms with van der Waals surface area (Å²) in [6.45, 7) is 0. The Morgan fingerprint density at radius 1 is 1.30 bits per heavy atom. The number of hydrogen-bond donors (Lipinski definition) is 2. The Labute approximate surface area is 117 Å². The fraction of sp³-hybridized carbons (Fsp3) is 0.333. The number of benzene rings is 1. The molecule has 1 heterocycles. The second-order valence-electron chi connectivity index (χ2n) is 5.19. The lowest BCUT2D eigenvalue weighted by atomic mass is 10.0. The Balaban J connectivity index is 1.68. The van der Waals surface area contributed by atoms with E-state index in [0.717, 1.165) is 30.6 Å². The standard InChI is InChI=1S/C15H18N4O/c16-14-4-1-3-13(14)15(20)18-11-5-7-12(8-6-11)19-10-2-9-17-19/h2,5-10,13-14H,1,3-4,16H2,(H,18,20). The van der Waals surface area contributed by atoms with Gasteiger partial charge in [0, 0.05) is 24.1 Å². The predicted molar refractivity (Wildman–Crippen MR) is 77.5 cm³/mol. The van der Waals surface area contributed by atoms with Crippen molar-refractivity contribution < 1.29 is 4.79 Å². The summed E-state index contributed by atoms with van der Waals surface area (Å²) in [7, 11) is 0. The third-order valence-electron chi connectivity index (χ3n) is 3.81. The summed E-state index contributed by atoms with van der Waals surface area (Å²) in [5.74, 6) is -0.0253. The Morgan fingerprint density at radius 2 is 2.10 bits per heavy atom. The minimum atomic E-state index is -0.0548. The SMILES string of the molecule is NC1CCCC1C(=O)Nc1ccc(-n2cccn2)cc1. The van der Waals surface area contributed by atoms with Gasteiger partial charge in [-0.3, -0.25) is 4.79 Å². The maximum Gasteiger partial charge on any atom is 0.229 e. The van der Waals surface area contributed by atoms with Gasteiger partial charge in [-0.2, -0.15) is 5.10 Å². The van der Waals surface area contributed by atoms with E-state index in [9.17, 15) is 4.79 Å². The minimum Gasteiger partial charge on any atom is -0.327 e. The number of nitrogens with one attached hydrogen (secondary N) is 1. The summed E-state index contributed by atoms with van der Waals surface area (Å²) in [6.07, 6.45) is 6.48. The first-order valence-corrected chi connectivity index (χ1v) is 6.90. The van der Waals surface area contributed by atoms with Crippen LogP contribution in [-0.2, 0) is 4.79 Å². The molecular weight excluding hydrogens is 252 g/mol. The van der Waals surface area contributed by atoms with Crippen molar-refractivity contribution in [3.05, 3.63) is 42.7 Å². The largest absolute Gasteiger partial charge is 0.327 e. The number of hydrogen-bond acceptors (Lipinski definition) is 3. The van der Waals surface area contributed by atoms with Crippen LogP contribution in [0, 0.1) is 5.92 Å². The third-order valence-corrected chi connectivity index (χ3v) is 3.81. The molecule has 3 N–H and O–H groups in total. The normalized spacial score (nSPS) is 21.9. The first-order valence-electron chi connectivity index (χ1n) is 6.90. The van der Waals surface area contributed by atoms with Gasteiger partial charge in [-0.05, 0) is 43.2 Å². The summed E-state index contributed by atoms with van der Waals surface area (Å²) in [5.41, 5.74) is 7.71. The van der Waals surface area contributed by atoms with Gasteiger partial charge in [0.1, 0.15) is 0 Å². The molecule has 0 spiro atoms.